The van der Waals surface area contributed by atoms with E-state index < -0.39 is 11.9 Å². The molecular weight excluding hydrogens is 801 g/mol. The fourth-order valence-electron chi connectivity index (χ4n) is 6.90. The number of rotatable bonds is 13. The van der Waals surface area contributed by atoms with Crippen molar-refractivity contribution in [1.82, 2.24) is 25.1 Å². The molecule has 1 atom stereocenters. The van der Waals surface area contributed by atoms with E-state index in [1.54, 1.807) is 59.4 Å². The number of thiazole rings is 1. The van der Waals surface area contributed by atoms with Gasteiger partial charge in [0.15, 0.2) is 23.2 Å². The number of oxazole rings is 1. The van der Waals surface area contributed by atoms with Crippen LogP contribution in [0.1, 0.15) is 74.0 Å². The van der Waals surface area contributed by atoms with Gasteiger partial charge in [0.1, 0.15) is 11.8 Å². The number of imide groups is 1. The van der Waals surface area contributed by atoms with Gasteiger partial charge in [0.05, 0.1) is 48.0 Å². The summed E-state index contributed by atoms with van der Waals surface area (Å²) in [6, 6.07) is 7.50. The van der Waals surface area contributed by atoms with Crippen molar-refractivity contribution in [2.24, 2.45) is 16.1 Å². The van der Waals surface area contributed by atoms with Gasteiger partial charge in [-0.05, 0) is 31.4 Å². The Morgan fingerprint density at radius 3 is 2.46 bits per heavy atom. The van der Waals surface area contributed by atoms with Gasteiger partial charge in [-0.3, -0.25) is 29.3 Å². The minimum Gasteiger partial charge on any atom is -0.493 e. The van der Waals surface area contributed by atoms with Crippen LogP contribution >= 0.6 is 23.1 Å². The minimum atomic E-state index is -0.752. The second-order valence-corrected chi connectivity index (χ2v) is 17.5. The van der Waals surface area contributed by atoms with Crippen molar-refractivity contribution in [3.63, 3.8) is 0 Å². The summed E-state index contributed by atoms with van der Waals surface area (Å²) in [7, 11) is 2.90. The number of methoxy groups -OCH3 is 2. The highest BCUT2D eigenvalue weighted by molar-refractivity contribution is 8.00. The van der Waals surface area contributed by atoms with Crippen molar-refractivity contribution in [1.29, 1.82) is 0 Å². The number of likely N-dealkylation sites (tertiary alicyclic amines) is 1. The van der Waals surface area contributed by atoms with Gasteiger partial charge in [-0.1, -0.05) is 38.2 Å². The topological polar surface area (TPSA) is 207 Å². The fraction of sp³-hybridized carbons (Fsp3) is 0.425. The standard InChI is InChI=1S/C40H44N8O9S2/c1-40(2,3)30-17-41-32(57-30)21-58-34-18-42-39(59-34)44-36(51)22-11-13-47(14-12-22)33(50)20-56-35-28(54-4)15-23(16-29(35)55-5)45-46-26-8-6-7-24-25(26)19-48(38(24)53)27-9-10-31(49)43-37(27)52/h6-8,15-18,22,27H,9-14,19-21H2,1-5H3,(H,42,44,51)(H,43,49,52). The zero-order valence-electron chi connectivity index (χ0n) is 33.2. The maximum absolute atomic E-state index is 13.3. The Morgan fingerprint density at radius 2 is 1.78 bits per heavy atom. The monoisotopic (exact) mass is 844 g/mol. The van der Waals surface area contributed by atoms with Gasteiger partial charge in [-0.25, -0.2) is 9.97 Å². The summed E-state index contributed by atoms with van der Waals surface area (Å²) in [6.45, 7) is 6.84. The van der Waals surface area contributed by atoms with Gasteiger partial charge < -0.3 is 33.7 Å². The molecule has 17 nitrogen and oxygen atoms in total. The molecule has 2 aromatic carbocycles. The van der Waals surface area contributed by atoms with Crippen molar-refractivity contribution in [3.8, 4) is 17.2 Å². The molecule has 4 aromatic rings. The molecule has 59 heavy (non-hydrogen) atoms. The molecule has 0 radical (unpaired) electrons. The lowest BCUT2D eigenvalue weighted by Crippen LogP contribution is -2.52. The second-order valence-electron chi connectivity index (χ2n) is 15.2. The van der Waals surface area contributed by atoms with Crippen molar-refractivity contribution < 1.29 is 42.6 Å². The number of anilines is 1. The third kappa shape index (κ3) is 9.41. The van der Waals surface area contributed by atoms with Crippen LogP contribution < -0.4 is 24.8 Å². The Hall–Kier alpha value is -5.82. The Labute approximate surface area is 348 Å². The summed E-state index contributed by atoms with van der Waals surface area (Å²) in [4.78, 5) is 75.6. The second kappa shape index (κ2) is 17.6. The van der Waals surface area contributed by atoms with Gasteiger partial charge >= 0.3 is 0 Å². The number of azo groups is 1. The summed E-state index contributed by atoms with van der Waals surface area (Å²) in [5.74, 6) is 0.926. The number of piperidine rings is 2. The van der Waals surface area contributed by atoms with E-state index in [4.69, 9.17) is 18.6 Å². The highest BCUT2D eigenvalue weighted by Gasteiger charge is 2.40. The maximum atomic E-state index is 13.3. The summed E-state index contributed by atoms with van der Waals surface area (Å²) in [5, 5.41) is 14.6. The summed E-state index contributed by atoms with van der Waals surface area (Å²) < 4.78 is 23.9. The molecule has 5 amide bonds. The number of carbonyl (C=O) groups is 5. The zero-order chi connectivity index (χ0) is 41.8. The molecule has 2 N–H and O–H groups in total. The molecule has 5 heterocycles. The van der Waals surface area contributed by atoms with E-state index >= 15 is 0 Å². The van der Waals surface area contributed by atoms with Crippen LogP contribution in [0, 0.1) is 5.92 Å². The van der Waals surface area contributed by atoms with Gasteiger partial charge in [0.25, 0.3) is 11.8 Å². The van der Waals surface area contributed by atoms with Crippen molar-refractivity contribution >= 4 is 69.1 Å². The number of carbonyl (C=O) groups excluding carboxylic acids is 5. The normalized spacial score (nSPS) is 17.3. The van der Waals surface area contributed by atoms with E-state index in [1.165, 1.54) is 30.5 Å². The van der Waals surface area contributed by atoms with E-state index in [2.05, 4.69) is 51.6 Å². The first kappa shape index (κ1) is 41.3. The van der Waals surface area contributed by atoms with Gasteiger partial charge in [0.2, 0.25) is 29.4 Å². The van der Waals surface area contributed by atoms with Crippen molar-refractivity contribution in [2.45, 2.75) is 74.4 Å². The molecule has 19 heteroatoms. The predicted octanol–water partition coefficient (Wildman–Crippen LogP) is 6.17. The Morgan fingerprint density at radius 1 is 1.03 bits per heavy atom. The van der Waals surface area contributed by atoms with Crippen molar-refractivity contribution in [2.75, 3.05) is 39.2 Å². The summed E-state index contributed by atoms with van der Waals surface area (Å²) >= 11 is 2.93. The van der Waals surface area contributed by atoms with Crippen LogP contribution in [0.3, 0.4) is 0 Å². The Balaban J connectivity index is 0.906. The number of nitrogens with one attached hydrogen (secondary N) is 2. The number of hydrogen-bond acceptors (Lipinski definition) is 15. The van der Waals surface area contributed by atoms with Crippen molar-refractivity contribution in [3.05, 3.63) is 65.5 Å². The Bertz CT molecular complexity index is 2270. The summed E-state index contributed by atoms with van der Waals surface area (Å²) in [5.41, 5.74) is 1.71. The maximum Gasteiger partial charge on any atom is 0.260 e. The molecule has 2 fully saturated rings. The zero-order valence-corrected chi connectivity index (χ0v) is 34.9. The van der Waals surface area contributed by atoms with Crippen LogP contribution in [0.2, 0.25) is 0 Å². The molecule has 3 aliphatic rings. The molecule has 2 aromatic heterocycles. The number of ether oxygens (including phenoxy) is 3. The van der Waals surface area contributed by atoms with Crippen LogP contribution in [-0.4, -0.2) is 89.3 Å². The molecule has 0 aliphatic carbocycles. The molecule has 0 bridgehead atoms. The SMILES string of the molecule is COc1cc(N=Nc2cccc3c2CN(C2CCC(=O)NC2=O)C3=O)cc(OC)c1OCC(=O)N1CCC(C(=O)Nc2ncc(SCc3ncc(C(C)(C)C)o3)s2)CC1. The molecule has 3 aliphatic heterocycles. The number of benzene rings is 2. The first-order valence-corrected chi connectivity index (χ1v) is 20.8. The first-order chi connectivity index (χ1) is 28.3. The number of thioether (sulfide) groups is 1. The lowest BCUT2D eigenvalue weighted by molar-refractivity contribution is -0.137. The molecule has 1 unspecified atom stereocenters. The van der Waals surface area contributed by atoms with E-state index in [-0.39, 0.29) is 78.2 Å². The smallest absolute Gasteiger partial charge is 0.260 e. The lowest BCUT2D eigenvalue weighted by atomic mass is 9.94. The van der Waals surface area contributed by atoms with Crippen LogP contribution in [0.25, 0.3) is 0 Å². The number of amides is 5. The highest BCUT2D eigenvalue weighted by atomic mass is 32.2. The quantitative estimate of drug-likeness (QED) is 0.0880. The fourth-order valence-corrected chi connectivity index (χ4v) is 8.63. The third-order valence-electron chi connectivity index (χ3n) is 10.2. The van der Waals surface area contributed by atoms with E-state index in [0.717, 1.165) is 9.97 Å². The van der Waals surface area contributed by atoms with Gasteiger partial charge in [-0.2, -0.15) is 10.2 Å². The minimum absolute atomic E-state index is 0.117. The molecule has 0 saturated carbocycles. The van der Waals surface area contributed by atoms with E-state index in [0.29, 0.717) is 65.2 Å². The average Bonchev–Trinajstić information content (AvgIpc) is 3.98. The third-order valence-corrected chi connectivity index (χ3v) is 12.3. The lowest BCUT2D eigenvalue weighted by Gasteiger charge is -2.31. The van der Waals surface area contributed by atoms with Gasteiger partial charge in [0, 0.05) is 60.6 Å². The van der Waals surface area contributed by atoms with Crippen LogP contribution in [0.4, 0.5) is 16.5 Å². The molecule has 310 valence electrons. The van der Waals surface area contributed by atoms with Crippen LogP contribution in [0.5, 0.6) is 17.2 Å². The first-order valence-electron chi connectivity index (χ1n) is 19.0. The van der Waals surface area contributed by atoms with Crippen LogP contribution in [-0.2, 0) is 36.9 Å². The molecule has 2 saturated heterocycles. The summed E-state index contributed by atoms with van der Waals surface area (Å²) in [6.07, 6.45) is 4.87. The molecular formula is C40H44N8O9S2. The molecule has 7 rings (SSSR count). The average molecular weight is 845 g/mol. The van der Waals surface area contributed by atoms with Gasteiger partial charge in [-0.15, -0.1) is 11.8 Å². The number of hydrogen-bond donors (Lipinski definition) is 2. The number of nitrogens with zero attached hydrogens (tertiary/aromatic N) is 6. The largest absolute Gasteiger partial charge is 0.493 e. The number of fused-ring (bicyclic) bond motifs is 1. The molecule has 0 spiro atoms. The Kier molecular flexibility index (Phi) is 12.3. The van der Waals surface area contributed by atoms with Crippen LogP contribution in [0.15, 0.2) is 61.6 Å². The highest BCUT2D eigenvalue weighted by Crippen LogP contribution is 2.42. The van der Waals surface area contributed by atoms with E-state index in [9.17, 15) is 24.0 Å². The number of aromatic nitrogens is 2. The van der Waals surface area contributed by atoms with E-state index in [1.807, 2.05) is 0 Å². The predicted molar refractivity (Wildman–Crippen MR) is 217 cm³/mol.